The fourth-order valence-electron chi connectivity index (χ4n) is 6.22. The highest BCUT2D eigenvalue weighted by molar-refractivity contribution is 5.97. The van der Waals surface area contributed by atoms with Gasteiger partial charge in [-0.3, -0.25) is 4.79 Å². The van der Waals surface area contributed by atoms with Crippen molar-refractivity contribution in [2.24, 2.45) is 10.9 Å². The molecular weight excluding hydrogens is 466 g/mol. The van der Waals surface area contributed by atoms with E-state index >= 15 is 0 Å². The number of carbonyl (C=O) groups is 1. The molecule has 194 valence electrons. The zero-order valence-corrected chi connectivity index (χ0v) is 21.4. The predicted molar refractivity (Wildman–Crippen MR) is 145 cm³/mol. The maximum absolute atomic E-state index is 13.9. The van der Waals surface area contributed by atoms with Crippen LogP contribution in [0, 0.1) is 12.8 Å². The number of fused-ring (bicyclic) bond motifs is 2. The first kappa shape index (κ1) is 23.9. The number of aliphatic hydroxyl groups is 1. The molecule has 1 aromatic carbocycles. The van der Waals surface area contributed by atoms with Gasteiger partial charge in [0.15, 0.2) is 5.65 Å². The molecule has 37 heavy (non-hydrogen) atoms. The lowest BCUT2D eigenvalue weighted by molar-refractivity contribution is 0.0604. The second kappa shape index (κ2) is 9.78. The number of nitrogens with zero attached hydrogens (tertiary/aromatic N) is 6. The third-order valence-electron chi connectivity index (χ3n) is 8.12. The number of benzene rings is 1. The maximum atomic E-state index is 13.9. The van der Waals surface area contributed by atoms with Gasteiger partial charge in [0, 0.05) is 67.7 Å². The van der Waals surface area contributed by atoms with E-state index in [1.54, 1.807) is 0 Å². The Morgan fingerprint density at radius 1 is 1.27 bits per heavy atom. The van der Waals surface area contributed by atoms with Gasteiger partial charge in [-0.05, 0) is 63.4 Å². The van der Waals surface area contributed by atoms with Gasteiger partial charge >= 0.3 is 0 Å². The molecular formula is C28H35N7O2. The number of aliphatic hydroxyl groups excluding tert-OH is 1. The van der Waals surface area contributed by atoms with Crippen molar-refractivity contribution in [2.75, 3.05) is 42.9 Å². The Morgan fingerprint density at radius 3 is 3.03 bits per heavy atom. The lowest BCUT2D eigenvalue weighted by Gasteiger charge is -2.35. The summed E-state index contributed by atoms with van der Waals surface area (Å²) in [4.78, 5) is 27.0. The molecule has 2 fully saturated rings. The third-order valence-corrected chi connectivity index (χ3v) is 8.12. The number of carbonyl (C=O) groups excluding carboxylic acids is 1. The highest BCUT2D eigenvalue weighted by atomic mass is 16.3. The van der Waals surface area contributed by atoms with Crippen LogP contribution in [0.3, 0.4) is 0 Å². The van der Waals surface area contributed by atoms with Crippen molar-refractivity contribution in [1.29, 1.82) is 0 Å². The zero-order valence-electron chi connectivity index (χ0n) is 21.4. The molecule has 2 N–H and O–H groups in total. The monoisotopic (exact) mass is 501 g/mol. The number of aryl methyl sites for hydroxylation is 1. The molecule has 3 aromatic rings. The average molecular weight is 502 g/mol. The van der Waals surface area contributed by atoms with E-state index in [1.165, 1.54) is 0 Å². The van der Waals surface area contributed by atoms with Crippen molar-refractivity contribution < 1.29 is 9.90 Å². The molecule has 0 radical (unpaired) electrons. The summed E-state index contributed by atoms with van der Waals surface area (Å²) in [7, 11) is 0. The van der Waals surface area contributed by atoms with Crippen LogP contribution < -0.4 is 10.2 Å². The van der Waals surface area contributed by atoms with E-state index in [9.17, 15) is 9.90 Å². The van der Waals surface area contributed by atoms with Crippen LogP contribution in [0.1, 0.15) is 58.9 Å². The number of hydrogen-bond donors (Lipinski definition) is 2. The van der Waals surface area contributed by atoms with Gasteiger partial charge in [-0.15, -0.1) is 0 Å². The van der Waals surface area contributed by atoms with Gasteiger partial charge in [-0.25, -0.2) is 9.50 Å². The highest BCUT2D eigenvalue weighted by Crippen LogP contribution is 2.35. The number of anilines is 2. The van der Waals surface area contributed by atoms with E-state index in [4.69, 9.17) is 10.1 Å². The number of aliphatic imine (C=N–C) groups is 1. The maximum Gasteiger partial charge on any atom is 0.254 e. The second-order valence-corrected chi connectivity index (χ2v) is 10.6. The Bertz CT molecular complexity index is 1340. The van der Waals surface area contributed by atoms with Crippen molar-refractivity contribution in [1.82, 2.24) is 19.5 Å². The fraction of sp³-hybridized carbons (Fsp3) is 0.500. The zero-order chi connectivity index (χ0) is 25.5. The fourth-order valence-corrected chi connectivity index (χ4v) is 6.22. The Kier molecular flexibility index (Phi) is 6.32. The highest BCUT2D eigenvalue weighted by Gasteiger charge is 2.34. The minimum absolute atomic E-state index is 0.0659. The van der Waals surface area contributed by atoms with Crippen molar-refractivity contribution >= 4 is 29.8 Å². The van der Waals surface area contributed by atoms with Gasteiger partial charge < -0.3 is 25.2 Å². The standard InChI is InChI=1S/C28H35N7O2/c1-18-15-35-26(31-27(18)33-16-19(14-29-2)25(36)17-33)13-23(32-35)24-10-3-4-12-34(24)28(37)21-7-5-9-22-20(21)8-6-11-30-22/h5,7,9,13,15,19,24-25,30,36H,2-4,6,8,10-12,14,16-17H2,1H3/t19-,24+,25+/m1/s1. The van der Waals surface area contributed by atoms with Crippen LogP contribution in [0.25, 0.3) is 5.65 Å². The quantitative estimate of drug-likeness (QED) is 0.521. The van der Waals surface area contributed by atoms with Gasteiger partial charge in [0.25, 0.3) is 5.91 Å². The molecule has 5 heterocycles. The summed E-state index contributed by atoms with van der Waals surface area (Å²) in [5.41, 5.74) is 5.68. The van der Waals surface area contributed by atoms with Gasteiger partial charge in [-0.2, -0.15) is 5.10 Å². The van der Waals surface area contributed by atoms with E-state index in [0.29, 0.717) is 19.6 Å². The number of rotatable bonds is 5. The van der Waals surface area contributed by atoms with Crippen LogP contribution in [-0.4, -0.2) is 76.1 Å². The number of nitrogens with one attached hydrogen (secondary N) is 1. The molecule has 6 rings (SSSR count). The van der Waals surface area contributed by atoms with Crippen molar-refractivity contribution in [3.8, 4) is 0 Å². The van der Waals surface area contributed by atoms with E-state index in [2.05, 4.69) is 28.0 Å². The molecule has 3 aliphatic rings. The lowest BCUT2D eigenvalue weighted by atomic mass is 9.94. The topological polar surface area (TPSA) is 98.4 Å². The number of piperidine rings is 1. The normalized spacial score (nSPS) is 23.7. The van der Waals surface area contributed by atoms with Gasteiger partial charge in [0.2, 0.25) is 0 Å². The minimum atomic E-state index is -0.441. The Labute approximate surface area is 217 Å². The molecule has 3 atom stereocenters. The molecule has 9 heteroatoms. The first-order valence-corrected chi connectivity index (χ1v) is 13.4. The van der Waals surface area contributed by atoms with Gasteiger partial charge in [0.1, 0.15) is 5.82 Å². The Hall–Kier alpha value is -3.46. The molecule has 0 saturated carbocycles. The molecule has 2 saturated heterocycles. The van der Waals surface area contributed by atoms with Crippen LogP contribution >= 0.6 is 0 Å². The van der Waals surface area contributed by atoms with Crippen molar-refractivity contribution in [3.05, 3.63) is 52.8 Å². The molecule has 0 aliphatic carbocycles. The average Bonchev–Trinajstić information content (AvgIpc) is 3.50. The molecule has 0 bridgehead atoms. The number of aromatic nitrogens is 3. The van der Waals surface area contributed by atoms with E-state index < -0.39 is 6.10 Å². The van der Waals surface area contributed by atoms with E-state index in [0.717, 1.165) is 84.7 Å². The summed E-state index contributed by atoms with van der Waals surface area (Å²) >= 11 is 0. The Balaban J connectivity index is 1.30. The first-order chi connectivity index (χ1) is 18.0. The van der Waals surface area contributed by atoms with Crippen LogP contribution in [0.4, 0.5) is 11.5 Å². The third kappa shape index (κ3) is 4.35. The summed E-state index contributed by atoms with van der Waals surface area (Å²) in [6, 6.07) is 7.97. The number of likely N-dealkylation sites (tertiary alicyclic amines) is 1. The van der Waals surface area contributed by atoms with Gasteiger partial charge in [-0.1, -0.05) is 6.07 Å². The molecule has 3 aliphatic heterocycles. The summed E-state index contributed by atoms with van der Waals surface area (Å²) in [6.07, 6.45) is 6.49. The predicted octanol–water partition coefficient (Wildman–Crippen LogP) is 3.26. The summed E-state index contributed by atoms with van der Waals surface area (Å²) in [5, 5.41) is 18.8. The number of hydrogen-bond acceptors (Lipinski definition) is 7. The molecule has 9 nitrogen and oxygen atoms in total. The summed E-state index contributed by atoms with van der Waals surface area (Å²) < 4.78 is 1.83. The van der Waals surface area contributed by atoms with Crippen LogP contribution in [0.5, 0.6) is 0 Å². The molecule has 0 unspecified atom stereocenters. The summed E-state index contributed by atoms with van der Waals surface area (Å²) in [6.45, 7) is 9.07. The Morgan fingerprint density at radius 2 is 2.16 bits per heavy atom. The van der Waals surface area contributed by atoms with Gasteiger partial charge in [0.05, 0.1) is 17.8 Å². The lowest BCUT2D eigenvalue weighted by Crippen LogP contribution is -2.39. The minimum Gasteiger partial charge on any atom is -0.391 e. The molecule has 2 aromatic heterocycles. The molecule has 1 amide bonds. The first-order valence-electron chi connectivity index (χ1n) is 13.4. The van der Waals surface area contributed by atoms with Crippen molar-refractivity contribution in [3.63, 3.8) is 0 Å². The van der Waals surface area contributed by atoms with Crippen LogP contribution in [-0.2, 0) is 6.42 Å². The molecule has 0 spiro atoms. The SMILES string of the molecule is C=NC[C@@H]1CN(c2nc3cc([C@@H]4CCCCN4C(=O)c4cccc5c4CCCN5)nn3cc2C)C[C@@H]1O. The van der Waals surface area contributed by atoms with E-state index in [1.807, 2.05) is 40.7 Å². The largest absolute Gasteiger partial charge is 0.391 e. The van der Waals surface area contributed by atoms with Crippen LogP contribution in [0.2, 0.25) is 0 Å². The van der Waals surface area contributed by atoms with Crippen molar-refractivity contribution in [2.45, 2.75) is 51.2 Å². The second-order valence-electron chi connectivity index (χ2n) is 10.6. The summed E-state index contributed by atoms with van der Waals surface area (Å²) in [5.74, 6) is 1.03. The number of β-amino-alcohol motifs (C(OH)–C–C–N with tert-alkyl or cyclic N) is 1. The number of amides is 1. The smallest absolute Gasteiger partial charge is 0.254 e. The van der Waals surface area contributed by atoms with E-state index in [-0.39, 0.29) is 17.9 Å². The van der Waals surface area contributed by atoms with Crippen LogP contribution in [0.15, 0.2) is 35.5 Å².